The Bertz CT molecular complexity index is 478. The Morgan fingerprint density at radius 2 is 1.35 bits per heavy atom. The molecule has 2 heterocycles. The molecular weight excluding hydrogens is 280 g/mol. The van der Waals surface area contributed by atoms with Crippen LogP contribution in [0.1, 0.15) is 65.8 Å². The zero-order chi connectivity index (χ0) is 17.7. The predicted molar refractivity (Wildman–Crippen MR) is 102 cm³/mol. The van der Waals surface area contributed by atoms with E-state index in [-0.39, 0.29) is 0 Å². The Morgan fingerprint density at radius 3 is 1.74 bits per heavy atom. The van der Waals surface area contributed by atoms with Gasteiger partial charge in [-0.2, -0.15) is 0 Å². The third-order valence-corrected chi connectivity index (χ3v) is 3.50. The lowest BCUT2D eigenvalue weighted by Crippen LogP contribution is -2.03. The lowest BCUT2D eigenvalue weighted by Gasteiger charge is -2.13. The van der Waals surface area contributed by atoms with E-state index in [1.165, 1.54) is 11.4 Å². The summed E-state index contributed by atoms with van der Waals surface area (Å²) < 4.78 is 0. The van der Waals surface area contributed by atoms with E-state index in [0.29, 0.717) is 17.8 Å². The largest absolute Gasteiger partial charge is 0.261 e. The predicted octanol–water partition coefficient (Wildman–Crippen LogP) is 6.15. The second-order valence-electron chi connectivity index (χ2n) is 6.21. The Kier molecular flexibility index (Phi) is 11.9. The van der Waals surface area contributed by atoms with Gasteiger partial charge in [0.05, 0.1) is 0 Å². The summed E-state index contributed by atoms with van der Waals surface area (Å²) >= 11 is 0. The molecular formula is C21H34N2. The van der Waals surface area contributed by atoms with Crippen LogP contribution in [0.3, 0.4) is 0 Å². The molecule has 2 heteroatoms. The van der Waals surface area contributed by atoms with Crippen molar-refractivity contribution in [1.29, 1.82) is 0 Å². The fourth-order valence-corrected chi connectivity index (χ4v) is 1.92. The van der Waals surface area contributed by atoms with Crippen molar-refractivity contribution < 1.29 is 0 Å². The van der Waals surface area contributed by atoms with Crippen LogP contribution in [0, 0.1) is 11.8 Å². The Labute approximate surface area is 143 Å². The molecule has 0 fully saturated rings. The van der Waals surface area contributed by atoms with E-state index in [0.717, 1.165) is 6.42 Å². The first kappa shape index (κ1) is 21.3. The Balaban J connectivity index is 0.000000381. The van der Waals surface area contributed by atoms with Gasteiger partial charge in [0.1, 0.15) is 0 Å². The van der Waals surface area contributed by atoms with Crippen LogP contribution in [0.2, 0.25) is 0 Å². The highest BCUT2D eigenvalue weighted by molar-refractivity contribution is 5.08. The summed E-state index contributed by atoms with van der Waals surface area (Å²) in [6.07, 6.45) is 4.78. The van der Waals surface area contributed by atoms with E-state index in [2.05, 4.69) is 56.7 Å². The number of hydrogen-bond donors (Lipinski definition) is 0. The van der Waals surface area contributed by atoms with E-state index < -0.39 is 0 Å². The second-order valence-corrected chi connectivity index (χ2v) is 6.21. The first-order valence-electron chi connectivity index (χ1n) is 8.81. The molecule has 2 aromatic rings. The molecule has 2 rings (SSSR count). The van der Waals surface area contributed by atoms with Crippen molar-refractivity contribution in [3.8, 4) is 0 Å². The summed E-state index contributed by atoms with van der Waals surface area (Å²) in [5, 5.41) is 0. The minimum Gasteiger partial charge on any atom is -0.261 e. The molecule has 0 amide bonds. The molecule has 1 unspecified atom stereocenters. The summed E-state index contributed by atoms with van der Waals surface area (Å²) in [5.41, 5.74) is 2.39. The van der Waals surface area contributed by atoms with Gasteiger partial charge in [0, 0.05) is 29.7 Å². The molecule has 0 saturated carbocycles. The van der Waals surface area contributed by atoms with Gasteiger partial charge in [-0.15, -0.1) is 0 Å². The second kappa shape index (κ2) is 12.8. The van der Waals surface area contributed by atoms with Gasteiger partial charge in [-0.1, -0.05) is 60.6 Å². The van der Waals surface area contributed by atoms with Crippen LogP contribution in [-0.4, -0.2) is 9.97 Å². The van der Waals surface area contributed by atoms with Crippen molar-refractivity contribution in [2.45, 2.75) is 60.8 Å². The fraction of sp³-hybridized carbons (Fsp3) is 0.524. The van der Waals surface area contributed by atoms with E-state index in [1.807, 2.05) is 50.5 Å². The molecule has 0 N–H and O–H groups in total. The fourth-order valence-electron chi connectivity index (χ4n) is 1.92. The molecule has 1 atom stereocenters. The molecule has 0 aromatic carbocycles. The number of aromatic nitrogens is 2. The van der Waals surface area contributed by atoms with E-state index >= 15 is 0 Å². The van der Waals surface area contributed by atoms with Crippen molar-refractivity contribution in [2.75, 3.05) is 0 Å². The minimum atomic E-state index is 0.566. The van der Waals surface area contributed by atoms with Gasteiger partial charge in [0.2, 0.25) is 0 Å². The zero-order valence-electron chi connectivity index (χ0n) is 16.0. The molecule has 0 radical (unpaired) electrons. The molecule has 0 bridgehead atoms. The van der Waals surface area contributed by atoms with Crippen molar-refractivity contribution in [3.05, 3.63) is 60.2 Å². The van der Waals surface area contributed by atoms with Gasteiger partial charge in [-0.05, 0) is 42.5 Å². The third-order valence-electron chi connectivity index (χ3n) is 3.50. The maximum atomic E-state index is 4.30. The highest BCUT2D eigenvalue weighted by Gasteiger charge is 2.09. The van der Waals surface area contributed by atoms with Gasteiger partial charge in [0.15, 0.2) is 0 Å². The van der Waals surface area contributed by atoms with E-state index in [4.69, 9.17) is 0 Å². The summed E-state index contributed by atoms with van der Waals surface area (Å²) in [6.45, 7) is 15.1. The lowest BCUT2D eigenvalue weighted by molar-refractivity contribution is 0.523. The average molecular weight is 315 g/mol. The van der Waals surface area contributed by atoms with Gasteiger partial charge >= 0.3 is 0 Å². The number of hydrogen-bond acceptors (Lipinski definition) is 2. The van der Waals surface area contributed by atoms with Crippen LogP contribution in [0.5, 0.6) is 0 Å². The smallest absolute Gasteiger partial charge is 0.0434 e. The lowest BCUT2D eigenvalue weighted by atomic mass is 9.94. The van der Waals surface area contributed by atoms with Crippen molar-refractivity contribution >= 4 is 0 Å². The van der Waals surface area contributed by atoms with Crippen LogP contribution >= 0.6 is 0 Å². The van der Waals surface area contributed by atoms with Gasteiger partial charge in [0.25, 0.3) is 0 Å². The molecule has 23 heavy (non-hydrogen) atoms. The summed E-state index contributed by atoms with van der Waals surface area (Å²) in [6, 6.07) is 12.1. The van der Waals surface area contributed by atoms with Crippen LogP contribution in [0.25, 0.3) is 0 Å². The Morgan fingerprint density at radius 1 is 0.783 bits per heavy atom. The van der Waals surface area contributed by atoms with Gasteiger partial charge in [-0.25, -0.2) is 0 Å². The van der Waals surface area contributed by atoms with Crippen molar-refractivity contribution in [3.63, 3.8) is 0 Å². The highest BCUT2D eigenvalue weighted by Crippen LogP contribution is 2.20. The first-order chi connectivity index (χ1) is 11.0. The van der Waals surface area contributed by atoms with Crippen molar-refractivity contribution in [1.82, 2.24) is 9.97 Å². The molecule has 0 aliphatic carbocycles. The average Bonchev–Trinajstić information content (AvgIpc) is 2.57. The SMILES string of the molecule is CC.CC(C)C(C)c1ccccn1.CC(C)Cc1ccccn1. The van der Waals surface area contributed by atoms with Crippen LogP contribution < -0.4 is 0 Å². The molecule has 2 aromatic heterocycles. The summed E-state index contributed by atoms with van der Waals surface area (Å²) in [5.74, 6) is 1.94. The minimum absolute atomic E-state index is 0.566. The van der Waals surface area contributed by atoms with Crippen LogP contribution in [0.4, 0.5) is 0 Å². The van der Waals surface area contributed by atoms with Gasteiger partial charge < -0.3 is 0 Å². The number of pyridine rings is 2. The normalized spacial score (nSPS) is 11.2. The van der Waals surface area contributed by atoms with E-state index in [1.54, 1.807) is 0 Å². The molecule has 128 valence electrons. The number of nitrogens with zero attached hydrogens (tertiary/aromatic N) is 2. The maximum absolute atomic E-state index is 4.30. The first-order valence-corrected chi connectivity index (χ1v) is 8.81. The summed E-state index contributed by atoms with van der Waals surface area (Å²) in [4.78, 5) is 8.52. The monoisotopic (exact) mass is 314 g/mol. The quantitative estimate of drug-likeness (QED) is 0.676. The van der Waals surface area contributed by atoms with Crippen molar-refractivity contribution in [2.24, 2.45) is 11.8 Å². The van der Waals surface area contributed by atoms with E-state index in [9.17, 15) is 0 Å². The maximum Gasteiger partial charge on any atom is 0.0434 e. The highest BCUT2D eigenvalue weighted by atomic mass is 14.7. The van der Waals surface area contributed by atoms with Gasteiger partial charge in [-0.3, -0.25) is 9.97 Å². The zero-order valence-corrected chi connectivity index (χ0v) is 16.0. The molecule has 0 saturated heterocycles. The molecule has 0 aliphatic rings. The molecule has 2 nitrogen and oxygen atoms in total. The van der Waals surface area contributed by atoms with Crippen LogP contribution in [-0.2, 0) is 6.42 Å². The molecule has 0 spiro atoms. The third kappa shape index (κ3) is 9.83. The molecule has 0 aliphatic heterocycles. The topological polar surface area (TPSA) is 25.8 Å². The number of rotatable bonds is 4. The summed E-state index contributed by atoms with van der Waals surface area (Å²) in [7, 11) is 0. The standard InChI is InChI=1S/C10H15N.C9H13N.C2H6/c1-8(2)9(3)10-6-4-5-7-11-10;1-8(2)7-9-5-3-4-6-10-9;1-2/h4-9H,1-3H3;3-6,8H,7H2,1-2H3;1-2H3. The van der Waals surface area contributed by atoms with Crippen LogP contribution in [0.15, 0.2) is 48.8 Å². The Hall–Kier alpha value is -1.70.